The SMILES string of the molecule is CCC(C)(C)NC(=O)[C@@H](c1ccc(N(C)C)cc1)N(C(=O)c1snc(C(N)=O)c1N)c1ccc2c(c1)OCO2. The first-order valence-corrected chi connectivity index (χ1v) is 13.1. The average Bonchev–Trinajstić information content (AvgIpc) is 3.52. The van der Waals surface area contributed by atoms with Gasteiger partial charge >= 0.3 is 0 Å². The van der Waals surface area contributed by atoms with E-state index >= 15 is 0 Å². The number of carbonyl (C=O) groups is 3. The molecule has 5 N–H and O–H groups in total. The summed E-state index contributed by atoms with van der Waals surface area (Å²) in [5.74, 6) is -0.929. The number of ether oxygens (including phenoxy) is 2. The normalized spacial score (nSPS) is 13.1. The number of hydrogen-bond acceptors (Lipinski definition) is 9. The maximum atomic E-state index is 14.2. The van der Waals surface area contributed by atoms with E-state index in [0.717, 1.165) is 17.2 Å². The number of aromatic nitrogens is 1. The summed E-state index contributed by atoms with van der Waals surface area (Å²) in [6.07, 6.45) is 0.659. The summed E-state index contributed by atoms with van der Waals surface area (Å²) in [6.45, 7) is 5.82. The number of fused-ring (bicyclic) bond motifs is 1. The predicted molar refractivity (Wildman–Crippen MR) is 150 cm³/mol. The third kappa shape index (κ3) is 5.60. The van der Waals surface area contributed by atoms with Crippen molar-refractivity contribution in [3.63, 3.8) is 0 Å². The molecule has 3 aromatic rings. The van der Waals surface area contributed by atoms with Gasteiger partial charge in [-0.15, -0.1) is 0 Å². The van der Waals surface area contributed by atoms with Gasteiger partial charge < -0.3 is 31.2 Å². The minimum absolute atomic E-state index is 0.0149. The maximum Gasteiger partial charge on any atom is 0.273 e. The van der Waals surface area contributed by atoms with E-state index in [4.69, 9.17) is 20.9 Å². The molecule has 1 aliphatic heterocycles. The van der Waals surface area contributed by atoms with Crippen LogP contribution in [0.3, 0.4) is 0 Å². The van der Waals surface area contributed by atoms with Gasteiger partial charge in [0.1, 0.15) is 10.9 Å². The van der Waals surface area contributed by atoms with E-state index < -0.39 is 29.3 Å². The molecule has 0 unspecified atom stereocenters. The zero-order chi connectivity index (χ0) is 28.5. The first kappa shape index (κ1) is 27.7. The molecule has 0 fully saturated rings. The fraction of sp³-hybridized carbons (Fsp3) is 0.333. The third-order valence-corrected chi connectivity index (χ3v) is 7.44. The van der Waals surface area contributed by atoms with Crippen molar-refractivity contribution in [2.45, 2.75) is 38.8 Å². The smallest absolute Gasteiger partial charge is 0.273 e. The van der Waals surface area contributed by atoms with Crippen LogP contribution in [0.25, 0.3) is 0 Å². The lowest BCUT2D eigenvalue weighted by molar-refractivity contribution is -0.124. The number of nitrogens with zero attached hydrogens (tertiary/aromatic N) is 3. The second kappa shape index (κ2) is 10.8. The third-order valence-electron chi connectivity index (χ3n) is 6.59. The fourth-order valence-electron chi connectivity index (χ4n) is 4.02. The van der Waals surface area contributed by atoms with Gasteiger partial charge in [-0.3, -0.25) is 19.3 Å². The van der Waals surface area contributed by atoms with Crippen LogP contribution in [-0.2, 0) is 4.79 Å². The van der Waals surface area contributed by atoms with E-state index in [9.17, 15) is 14.4 Å². The fourth-order valence-corrected chi connectivity index (χ4v) is 4.76. The quantitative estimate of drug-likeness (QED) is 0.365. The van der Waals surface area contributed by atoms with Gasteiger partial charge in [0.25, 0.3) is 11.8 Å². The van der Waals surface area contributed by atoms with E-state index in [0.29, 0.717) is 29.2 Å². The van der Waals surface area contributed by atoms with E-state index in [-0.39, 0.29) is 23.1 Å². The summed E-state index contributed by atoms with van der Waals surface area (Å²) >= 11 is 0.748. The summed E-state index contributed by atoms with van der Waals surface area (Å²) in [7, 11) is 3.82. The number of nitrogens with one attached hydrogen (secondary N) is 1. The molecular formula is C27H32N6O5S. The molecule has 1 aromatic heterocycles. The maximum absolute atomic E-state index is 14.2. The number of benzene rings is 2. The molecule has 1 atom stereocenters. The zero-order valence-electron chi connectivity index (χ0n) is 22.5. The van der Waals surface area contributed by atoms with Crippen molar-refractivity contribution in [1.82, 2.24) is 9.69 Å². The Morgan fingerprint density at radius 1 is 1.08 bits per heavy atom. The van der Waals surface area contributed by atoms with Crippen molar-refractivity contribution < 1.29 is 23.9 Å². The molecule has 1 aliphatic rings. The van der Waals surface area contributed by atoms with Crippen LogP contribution in [0.5, 0.6) is 11.5 Å². The van der Waals surface area contributed by atoms with Gasteiger partial charge in [-0.2, -0.15) is 4.37 Å². The summed E-state index contributed by atoms with van der Waals surface area (Å²) < 4.78 is 15.0. The Bertz CT molecular complexity index is 1400. The molecule has 4 rings (SSSR count). The predicted octanol–water partition coefficient (Wildman–Crippen LogP) is 3.31. The Morgan fingerprint density at radius 2 is 1.72 bits per heavy atom. The minimum Gasteiger partial charge on any atom is -0.454 e. The molecule has 2 heterocycles. The topological polar surface area (TPSA) is 153 Å². The Morgan fingerprint density at radius 3 is 2.31 bits per heavy atom. The van der Waals surface area contributed by atoms with Crippen LogP contribution in [0.2, 0.25) is 0 Å². The van der Waals surface area contributed by atoms with E-state index in [1.165, 1.54) is 4.90 Å². The Labute approximate surface area is 230 Å². The van der Waals surface area contributed by atoms with Crippen molar-refractivity contribution in [2.75, 3.05) is 36.4 Å². The van der Waals surface area contributed by atoms with Crippen molar-refractivity contribution in [3.8, 4) is 11.5 Å². The van der Waals surface area contributed by atoms with Gasteiger partial charge in [-0.05, 0) is 61.6 Å². The lowest BCUT2D eigenvalue weighted by Crippen LogP contribution is -2.50. The summed E-state index contributed by atoms with van der Waals surface area (Å²) in [6, 6.07) is 11.2. The second-order valence-electron chi connectivity index (χ2n) is 9.97. The Hall–Kier alpha value is -4.32. The van der Waals surface area contributed by atoms with Crippen LogP contribution >= 0.6 is 11.5 Å². The number of nitrogen functional groups attached to an aromatic ring is 1. The van der Waals surface area contributed by atoms with E-state index in [1.807, 2.05) is 51.9 Å². The molecule has 3 amide bonds. The number of rotatable bonds is 9. The first-order chi connectivity index (χ1) is 18.4. The van der Waals surface area contributed by atoms with Crippen LogP contribution in [0.4, 0.5) is 17.1 Å². The summed E-state index contributed by atoms with van der Waals surface area (Å²) in [5.41, 5.74) is 12.5. The van der Waals surface area contributed by atoms with Crippen molar-refractivity contribution in [3.05, 3.63) is 58.6 Å². The molecule has 11 nitrogen and oxygen atoms in total. The molecule has 0 saturated heterocycles. The summed E-state index contributed by atoms with van der Waals surface area (Å²) in [4.78, 5) is 43.3. The highest BCUT2D eigenvalue weighted by molar-refractivity contribution is 7.09. The Kier molecular flexibility index (Phi) is 7.68. The van der Waals surface area contributed by atoms with Gasteiger partial charge in [-0.1, -0.05) is 19.1 Å². The lowest BCUT2D eigenvalue weighted by atomic mass is 9.97. The molecular weight excluding hydrogens is 520 g/mol. The number of carbonyl (C=O) groups excluding carboxylic acids is 3. The molecule has 0 saturated carbocycles. The molecule has 206 valence electrons. The van der Waals surface area contributed by atoms with Gasteiger partial charge in [0.05, 0.1) is 5.69 Å². The second-order valence-corrected chi connectivity index (χ2v) is 10.7. The van der Waals surface area contributed by atoms with Crippen molar-refractivity contribution >= 4 is 46.3 Å². The molecule has 0 bridgehead atoms. The number of anilines is 3. The molecule has 12 heteroatoms. The van der Waals surface area contributed by atoms with Crippen LogP contribution < -0.4 is 36.1 Å². The first-order valence-electron chi connectivity index (χ1n) is 12.3. The van der Waals surface area contributed by atoms with E-state index in [2.05, 4.69) is 9.69 Å². The molecule has 0 spiro atoms. The van der Waals surface area contributed by atoms with Crippen LogP contribution in [0.15, 0.2) is 42.5 Å². The van der Waals surface area contributed by atoms with Gasteiger partial charge in [0, 0.05) is 37.1 Å². The standard InChI is InChI=1S/C27H32N6O5S/c1-6-27(2,3)30-25(35)22(15-7-9-16(10-8-15)32(4)5)33(17-11-12-18-19(13-17)38-14-37-18)26(36)23-20(28)21(24(29)34)31-39-23/h7-13,22H,6,14,28H2,1-5H3,(H2,29,34)(H,30,35)/t22-/m1/s1. The molecule has 39 heavy (non-hydrogen) atoms. The molecule has 0 aliphatic carbocycles. The van der Waals surface area contributed by atoms with Crippen molar-refractivity contribution in [1.29, 1.82) is 0 Å². The number of amides is 3. The largest absolute Gasteiger partial charge is 0.454 e. The zero-order valence-corrected chi connectivity index (χ0v) is 23.3. The number of hydrogen-bond donors (Lipinski definition) is 3. The molecule has 0 radical (unpaired) electrons. The van der Waals surface area contributed by atoms with Crippen LogP contribution in [0.1, 0.15) is 59.0 Å². The Balaban J connectivity index is 1.91. The van der Waals surface area contributed by atoms with Crippen LogP contribution in [-0.4, -0.2) is 48.5 Å². The summed E-state index contributed by atoms with van der Waals surface area (Å²) in [5, 5.41) is 3.07. The van der Waals surface area contributed by atoms with Crippen LogP contribution in [0, 0.1) is 0 Å². The van der Waals surface area contributed by atoms with Crippen molar-refractivity contribution in [2.24, 2.45) is 5.73 Å². The van der Waals surface area contributed by atoms with Gasteiger partial charge in [0.15, 0.2) is 17.2 Å². The highest BCUT2D eigenvalue weighted by Gasteiger charge is 2.38. The van der Waals surface area contributed by atoms with E-state index in [1.54, 1.807) is 30.3 Å². The molecule has 2 aromatic carbocycles. The highest BCUT2D eigenvalue weighted by atomic mass is 32.1. The highest BCUT2D eigenvalue weighted by Crippen LogP contribution is 2.40. The van der Waals surface area contributed by atoms with Gasteiger partial charge in [0.2, 0.25) is 12.7 Å². The van der Waals surface area contributed by atoms with Gasteiger partial charge in [-0.25, -0.2) is 0 Å². The number of primary amides is 1. The lowest BCUT2D eigenvalue weighted by Gasteiger charge is -2.34. The number of nitrogens with two attached hydrogens (primary N) is 2. The minimum atomic E-state index is -1.11. The monoisotopic (exact) mass is 552 g/mol. The average molecular weight is 553 g/mol.